The fraction of sp³-hybridized carbons (Fsp3) is 0.438. The maximum atomic E-state index is 5.74. The van der Waals surface area contributed by atoms with E-state index in [0.717, 1.165) is 11.5 Å². The van der Waals surface area contributed by atoms with Gasteiger partial charge in [0.25, 0.3) is 0 Å². The van der Waals surface area contributed by atoms with Crippen LogP contribution in [0.25, 0.3) is 0 Å². The summed E-state index contributed by atoms with van der Waals surface area (Å²) < 4.78 is 11.5. The molecule has 1 unspecified atom stereocenters. The smallest absolute Gasteiger partial charge is 0.124 e. The minimum absolute atomic E-state index is 0.407. The molecule has 1 fully saturated rings. The lowest BCUT2D eigenvalue weighted by atomic mass is 9.90. The van der Waals surface area contributed by atoms with Gasteiger partial charge in [0.05, 0.1) is 14.2 Å². The highest BCUT2D eigenvalue weighted by atomic mass is 31.1. The molecule has 0 bridgehead atoms. The van der Waals surface area contributed by atoms with Gasteiger partial charge in [0.1, 0.15) is 11.5 Å². The first-order valence-electron chi connectivity index (χ1n) is 13.1. The van der Waals surface area contributed by atoms with Crippen LogP contribution in [0.2, 0.25) is 0 Å². The number of hydrogen-bond donors (Lipinski definition) is 0. The first-order valence-corrected chi connectivity index (χ1v) is 14.5. The molecule has 0 saturated heterocycles. The zero-order valence-corrected chi connectivity index (χ0v) is 24.2. The first-order chi connectivity index (χ1) is 17.3. The van der Waals surface area contributed by atoms with E-state index in [2.05, 4.69) is 101 Å². The summed E-state index contributed by atoms with van der Waals surface area (Å²) in [6.45, 7) is 8.75. The Labute approximate surface area is 219 Å². The van der Waals surface area contributed by atoms with E-state index in [1.54, 1.807) is 14.2 Å². The van der Waals surface area contributed by atoms with Crippen LogP contribution in [0, 0.1) is 33.6 Å². The van der Waals surface area contributed by atoms with Crippen molar-refractivity contribution in [1.82, 2.24) is 4.90 Å². The van der Waals surface area contributed by atoms with Crippen LogP contribution in [0.4, 0.5) is 0 Å². The average molecular weight is 504 g/mol. The number of rotatable bonds is 8. The molecule has 0 amide bonds. The molecule has 0 aliphatic heterocycles. The van der Waals surface area contributed by atoms with Crippen LogP contribution in [0.5, 0.6) is 11.5 Å². The molecule has 3 atom stereocenters. The van der Waals surface area contributed by atoms with Gasteiger partial charge in [0.15, 0.2) is 0 Å². The Bertz CT molecular complexity index is 1080. The lowest BCUT2D eigenvalue weighted by Crippen LogP contribution is -2.34. The Morgan fingerprint density at radius 3 is 1.64 bits per heavy atom. The normalized spacial score (nSPS) is 18.6. The van der Waals surface area contributed by atoms with Gasteiger partial charge in [-0.15, -0.1) is 0 Å². The zero-order chi connectivity index (χ0) is 26.0. The molecule has 0 radical (unpaired) electrons. The predicted octanol–water partition coefficient (Wildman–Crippen LogP) is 6.84. The van der Waals surface area contributed by atoms with Crippen LogP contribution >= 0.6 is 7.92 Å². The summed E-state index contributed by atoms with van der Waals surface area (Å²) in [5, 5.41) is 2.93. The second-order valence-corrected chi connectivity index (χ2v) is 13.0. The highest BCUT2D eigenvalue weighted by molar-refractivity contribution is 7.73. The van der Waals surface area contributed by atoms with Crippen molar-refractivity contribution in [3.63, 3.8) is 0 Å². The summed E-state index contributed by atoms with van der Waals surface area (Å²) in [5.74, 6) is 2.61. The number of ether oxygens (including phenoxy) is 2. The number of benzene rings is 3. The topological polar surface area (TPSA) is 21.7 Å². The summed E-state index contributed by atoms with van der Waals surface area (Å²) in [4.78, 5) is 2.45. The SMILES string of the molecule is COc1c(C)cc(P(c2cc(C)c(OC)c(C)c2)C2CCC[C@H]2[C@@H](c2ccccc2)N(C)C)cc1C. The van der Waals surface area contributed by atoms with E-state index in [0.29, 0.717) is 17.6 Å². The van der Waals surface area contributed by atoms with Gasteiger partial charge in [0, 0.05) is 6.04 Å². The highest BCUT2D eigenvalue weighted by Crippen LogP contribution is 2.55. The van der Waals surface area contributed by atoms with E-state index >= 15 is 0 Å². The lowest BCUT2D eigenvalue weighted by Gasteiger charge is -2.38. The van der Waals surface area contributed by atoms with E-state index in [1.807, 2.05) is 0 Å². The van der Waals surface area contributed by atoms with Crippen molar-refractivity contribution in [2.24, 2.45) is 5.92 Å². The minimum atomic E-state index is -0.576. The van der Waals surface area contributed by atoms with Gasteiger partial charge in [-0.05, 0) is 137 Å². The van der Waals surface area contributed by atoms with E-state index in [4.69, 9.17) is 9.47 Å². The van der Waals surface area contributed by atoms with E-state index < -0.39 is 7.92 Å². The molecule has 4 heteroatoms. The van der Waals surface area contributed by atoms with Crippen molar-refractivity contribution in [3.8, 4) is 11.5 Å². The van der Waals surface area contributed by atoms with Gasteiger partial charge in [-0.2, -0.15) is 0 Å². The molecule has 0 aromatic heterocycles. The highest BCUT2D eigenvalue weighted by Gasteiger charge is 2.41. The Morgan fingerprint density at radius 2 is 1.22 bits per heavy atom. The third-order valence-electron chi connectivity index (χ3n) is 7.82. The van der Waals surface area contributed by atoms with Crippen molar-refractivity contribution in [1.29, 1.82) is 0 Å². The predicted molar refractivity (Wildman–Crippen MR) is 155 cm³/mol. The van der Waals surface area contributed by atoms with Gasteiger partial charge in [-0.25, -0.2) is 0 Å². The monoisotopic (exact) mass is 503 g/mol. The maximum absolute atomic E-state index is 5.74. The molecule has 3 nitrogen and oxygen atoms in total. The van der Waals surface area contributed by atoms with Crippen molar-refractivity contribution in [3.05, 3.63) is 82.4 Å². The lowest BCUT2D eigenvalue weighted by molar-refractivity contribution is 0.217. The molecule has 1 saturated carbocycles. The van der Waals surface area contributed by atoms with Crippen molar-refractivity contribution < 1.29 is 9.47 Å². The molecule has 4 rings (SSSR count). The van der Waals surface area contributed by atoms with Crippen LogP contribution in [0.15, 0.2) is 54.6 Å². The van der Waals surface area contributed by atoms with Crippen LogP contribution in [-0.2, 0) is 0 Å². The maximum Gasteiger partial charge on any atom is 0.124 e. The Morgan fingerprint density at radius 1 is 0.750 bits per heavy atom. The van der Waals surface area contributed by atoms with Gasteiger partial charge in [-0.3, -0.25) is 0 Å². The first kappa shape index (κ1) is 26.7. The third-order valence-corrected chi connectivity index (χ3v) is 10.8. The molecule has 0 N–H and O–H groups in total. The second-order valence-electron chi connectivity index (χ2n) is 10.6. The molecule has 0 heterocycles. The number of aryl methyl sites for hydroxylation is 4. The Hall–Kier alpha value is -2.35. The summed E-state index contributed by atoms with van der Waals surface area (Å²) in [5.41, 5.74) is 6.94. The summed E-state index contributed by atoms with van der Waals surface area (Å²) in [6.07, 6.45) is 3.82. The standard InChI is InChI=1S/C32H42NO2P/c1-21-17-26(18-22(2)31(21)34-7)36(27-19-23(3)32(35-8)24(4)20-27)29-16-12-15-28(29)30(33(5)6)25-13-10-9-11-14-25/h9-11,13-14,17-20,28-30H,12,15-16H2,1-8H3/t28-,29?,30-/m1/s1. The third kappa shape index (κ3) is 5.20. The van der Waals surface area contributed by atoms with Crippen LogP contribution in [0.3, 0.4) is 0 Å². The molecule has 3 aromatic rings. The summed E-state index contributed by atoms with van der Waals surface area (Å²) in [7, 11) is 7.48. The van der Waals surface area contributed by atoms with Crippen molar-refractivity contribution in [2.45, 2.75) is 58.7 Å². The molecule has 0 spiro atoms. The molecule has 1 aliphatic rings. The van der Waals surface area contributed by atoms with Crippen molar-refractivity contribution >= 4 is 18.5 Å². The molecule has 36 heavy (non-hydrogen) atoms. The summed E-state index contributed by atoms with van der Waals surface area (Å²) >= 11 is 0. The fourth-order valence-electron chi connectivity index (χ4n) is 6.55. The van der Waals surface area contributed by atoms with Crippen LogP contribution in [0.1, 0.15) is 53.1 Å². The van der Waals surface area contributed by atoms with Crippen LogP contribution in [-0.4, -0.2) is 38.9 Å². The molecular weight excluding hydrogens is 461 g/mol. The second kappa shape index (κ2) is 11.4. The van der Waals surface area contributed by atoms with E-state index in [9.17, 15) is 0 Å². The molecule has 1 aliphatic carbocycles. The number of nitrogens with zero attached hydrogens (tertiary/aromatic N) is 1. The van der Waals surface area contributed by atoms with Crippen molar-refractivity contribution in [2.75, 3.05) is 28.3 Å². The molecule has 3 aromatic carbocycles. The van der Waals surface area contributed by atoms with Gasteiger partial charge >= 0.3 is 0 Å². The number of hydrogen-bond acceptors (Lipinski definition) is 3. The Balaban J connectivity index is 1.88. The Kier molecular flexibility index (Phi) is 8.43. The van der Waals surface area contributed by atoms with E-state index in [1.165, 1.54) is 57.7 Å². The number of methoxy groups -OCH3 is 2. The fourth-order valence-corrected chi connectivity index (χ4v) is 10.1. The molecular formula is C32H42NO2P. The minimum Gasteiger partial charge on any atom is -0.496 e. The average Bonchev–Trinajstić information content (AvgIpc) is 3.28. The zero-order valence-electron chi connectivity index (χ0n) is 23.3. The quantitative estimate of drug-likeness (QED) is 0.314. The van der Waals surface area contributed by atoms with Crippen LogP contribution < -0.4 is 20.1 Å². The van der Waals surface area contributed by atoms with E-state index in [-0.39, 0.29) is 0 Å². The summed E-state index contributed by atoms with van der Waals surface area (Å²) in [6, 6.07) is 21.1. The van der Waals surface area contributed by atoms with Gasteiger partial charge < -0.3 is 14.4 Å². The molecule has 192 valence electrons. The van der Waals surface area contributed by atoms with Gasteiger partial charge in [0.2, 0.25) is 0 Å². The largest absolute Gasteiger partial charge is 0.496 e. The van der Waals surface area contributed by atoms with Gasteiger partial charge in [-0.1, -0.05) is 36.8 Å².